The Hall–Kier alpha value is -0.800. The molecule has 0 fully saturated rings. The van der Waals surface area contributed by atoms with Crippen LogP contribution >= 0.6 is 15.9 Å². The fraction of sp³-hybridized carbons (Fsp3) is 0.200. The van der Waals surface area contributed by atoms with Gasteiger partial charge in [0.25, 0.3) is 0 Å². The molecule has 0 radical (unpaired) electrons. The first-order valence-electron chi connectivity index (χ1n) is 4.03. The average molecular weight is 241 g/mol. The highest BCUT2D eigenvalue weighted by Crippen LogP contribution is 2.29. The summed E-state index contributed by atoms with van der Waals surface area (Å²) in [5, 5.41) is 10.5. The van der Waals surface area contributed by atoms with E-state index in [9.17, 15) is 5.11 Å². The average Bonchev–Trinajstić information content (AvgIpc) is 2.49. The Balaban J connectivity index is 2.77. The predicted octanol–water partition coefficient (Wildman–Crippen LogP) is 3.25. The molecule has 13 heavy (non-hydrogen) atoms. The van der Waals surface area contributed by atoms with E-state index in [4.69, 9.17) is 4.42 Å². The Morgan fingerprint density at radius 1 is 1.46 bits per heavy atom. The van der Waals surface area contributed by atoms with Gasteiger partial charge in [0.2, 0.25) is 0 Å². The Labute approximate surface area is 84.3 Å². The zero-order valence-corrected chi connectivity index (χ0v) is 8.71. The van der Waals surface area contributed by atoms with Crippen molar-refractivity contribution in [3.63, 3.8) is 0 Å². The number of hydrogen-bond acceptors (Lipinski definition) is 2. The van der Waals surface area contributed by atoms with Crippen molar-refractivity contribution in [3.8, 4) is 0 Å². The maximum Gasteiger partial charge on any atom is 0.139 e. The first-order valence-corrected chi connectivity index (χ1v) is 4.82. The smallest absolute Gasteiger partial charge is 0.139 e. The van der Waals surface area contributed by atoms with Crippen LogP contribution in [0.5, 0.6) is 0 Å². The van der Waals surface area contributed by atoms with Crippen LogP contribution in [0.25, 0.3) is 11.0 Å². The summed E-state index contributed by atoms with van der Waals surface area (Å²) in [5.74, 6) is 0. The van der Waals surface area contributed by atoms with E-state index in [1.807, 2.05) is 18.2 Å². The van der Waals surface area contributed by atoms with E-state index >= 15 is 0 Å². The summed E-state index contributed by atoms with van der Waals surface area (Å²) < 4.78 is 6.24. The summed E-state index contributed by atoms with van der Waals surface area (Å²) in [4.78, 5) is 0. The molecule has 1 atom stereocenters. The molecule has 0 unspecified atom stereocenters. The third kappa shape index (κ3) is 1.49. The van der Waals surface area contributed by atoms with Crippen molar-refractivity contribution >= 4 is 26.9 Å². The van der Waals surface area contributed by atoms with Crippen LogP contribution in [-0.2, 0) is 0 Å². The highest BCUT2D eigenvalue weighted by Gasteiger charge is 2.10. The summed E-state index contributed by atoms with van der Waals surface area (Å²) in [7, 11) is 0. The molecule has 0 spiro atoms. The predicted molar refractivity (Wildman–Crippen MR) is 54.5 cm³/mol. The van der Waals surface area contributed by atoms with Gasteiger partial charge in [0.15, 0.2) is 0 Å². The number of aliphatic hydroxyl groups excluding tert-OH is 1. The van der Waals surface area contributed by atoms with Crippen LogP contribution in [0.2, 0.25) is 0 Å². The van der Waals surface area contributed by atoms with Crippen molar-refractivity contribution in [2.75, 3.05) is 0 Å². The molecule has 0 saturated carbocycles. The van der Waals surface area contributed by atoms with Gasteiger partial charge in [-0.05, 0) is 25.1 Å². The second-order valence-corrected chi connectivity index (χ2v) is 3.93. The van der Waals surface area contributed by atoms with Gasteiger partial charge < -0.3 is 9.52 Å². The molecule has 68 valence electrons. The molecule has 0 aliphatic heterocycles. The molecule has 2 aromatic rings. The van der Waals surface area contributed by atoms with E-state index in [-0.39, 0.29) is 0 Å². The van der Waals surface area contributed by atoms with Crippen LogP contribution in [0.3, 0.4) is 0 Å². The van der Waals surface area contributed by atoms with E-state index in [1.165, 1.54) is 0 Å². The first-order chi connectivity index (χ1) is 6.18. The number of furan rings is 1. The highest BCUT2D eigenvalue weighted by molar-refractivity contribution is 9.10. The lowest BCUT2D eigenvalue weighted by Crippen LogP contribution is -1.91. The van der Waals surface area contributed by atoms with Crippen LogP contribution in [0.1, 0.15) is 18.6 Å². The maximum absolute atomic E-state index is 9.48. The molecular formula is C10H9BrO2. The van der Waals surface area contributed by atoms with E-state index in [0.29, 0.717) is 0 Å². The Morgan fingerprint density at radius 2 is 2.23 bits per heavy atom. The van der Waals surface area contributed by atoms with Gasteiger partial charge in [-0.25, -0.2) is 0 Å². The van der Waals surface area contributed by atoms with Crippen LogP contribution < -0.4 is 0 Å². The summed E-state index contributed by atoms with van der Waals surface area (Å²) in [6, 6.07) is 5.72. The number of aliphatic hydroxyl groups is 1. The number of hydrogen-bond donors (Lipinski definition) is 1. The molecule has 1 aromatic carbocycles. The lowest BCUT2D eigenvalue weighted by atomic mass is 10.1. The van der Waals surface area contributed by atoms with E-state index < -0.39 is 6.10 Å². The molecule has 0 saturated heterocycles. The van der Waals surface area contributed by atoms with Crippen LogP contribution in [0.4, 0.5) is 0 Å². The SMILES string of the molecule is C[C@H](O)c1cc(Br)cc2ccoc12. The van der Waals surface area contributed by atoms with E-state index in [2.05, 4.69) is 15.9 Å². The van der Waals surface area contributed by atoms with Gasteiger partial charge in [-0.3, -0.25) is 0 Å². The normalized spacial score (nSPS) is 13.5. The largest absolute Gasteiger partial charge is 0.464 e. The second-order valence-electron chi connectivity index (χ2n) is 3.01. The Bertz CT molecular complexity index is 431. The molecule has 1 aromatic heterocycles. The fourth-order valence-electron chi connectivity index (χ4n) is 1.38. The van der Waals surface area contributed by atoms with E-state index in [1.54, 1.807) is 13.2 Å². The maximum atomic E-state index is 9.48. The standard InChI is InChI=1S/C10H9BrO2/c1-6(12)9-5-8(11)4-7-2-3-13-10(7)9/h2-6,12H,1H3/t6-/m0/s1. The quantitative estimate of drug-likeness (QED) is 0.831. The monoisotopic (exact) mass is 240 g/mol. The van der Waals surface area contributed by atoms with Gasteiger partial charge in [-0.15, -0.1) is 0 Å². The van der Waals surface area contributed by atoms with Crippen molar-refractivity contribution in [2.24, 2.45) is 0 Å². The Kier molecular flexibility index (Phi) is 2.14. The van der Waals surface area contributed by atoms with Crippen molar-refractivity contribution in [2.45, 2.75) is 13.0 Å². The molecule has 0 bridgehead atoms. The number of halogens is 1. The van der Waals surface area contributed by atoms with Crippen molar-refractivity contribution < 1.29 is 9.52 Å². The minimum absolute atomic E-state index is 0.508. The third-order valence-corrected chi connectivity index (χ3v) is 2.45. The van der Waals surface area contributed by atoms with Gasteiger partial charge in [-0.1, -0.05) is 15.9 Å². The zero-order valence-electron chi connectivity index (χ0n) is 7.12. The molecule has 0 aliphatic carbocycles. The molecule has 2 rings (SSSR count). The van der Waals surface area contributed by atoms with Crippen molar-refractivity contribution in [3.05, 3.63) is 34.5 Å². The summed E-state index contributed by atoms with van der Waals surface area (Å²) >= 11 is 3.38. The first kappa shape index (κ1) is 8.78. The molecule has 1 heterocycles. The van der Waals surface area contributed by atoms with Gasteiger partial charge in [-0.2, -0.15) is 0 Å². The number of fused-ring (bicyclic) bond motifs is 1. The lowest BCUT2D eigenvalue weighted by Gasteiger charge is -2.05. The molecular weight excluding hydrogens is 232 g/mol. The molecule has 2 nitrogen and oxygen atoms in total. The lowest BCUT2D eigenvalue weighted by molar-refractivity contribution is 0.199. The van der Waals surface area contributed by atoms with Gasteiger partial charge in [0.1, 0.15) is 5.58 Å². The third-order valence-electron chi connectivity index (χ3n) is 1.99. The number of rotatable bonds is 1. The minimum Gasteiger partial charge on any atom is -0.464 e. The molecule has 0 amide bonds. The van der Waals surface area contributed by atoms with E-state index in [0.717, 1.165) is 21.0 Å². The molecule has 1 N–H and O–H groups in total. The van der Waals surface area contributed by atoms with Crippen molar-refractivity contribution in [1.82, 2.24) is 0 Å². The second kappa shape index (κ2) is 3.16. The summed E-state index contributed by atoms with van der Waals surface area (Å²) in [5.41, 5.74) is 1.58. The highest BCUT2D eigenvalue weighted by atomic mass is 79.9. The minimum atomic E-state index is -0.508. The van der Waals surface area contributed by atoms with Crippen LogP contribution in [0, 0.1) is 0 Å². The van der Waals surface area contributed by atoms with Crippen molar-refractivity contribution in [1.29, 1.82) is 0 Å². The van der Waals surface area contributed by atoms with Gasteiger partial charge in [0, 0.05) is 15.4 Å². The zero-order chi connectivity index (χ0) is 9.42. The summed E-state index contributed by atoms with van der Waals surface area (Å²) in [6.45, 7) is 1.73. The summed E-state index contributed by atoms with van der Waals surface area (Å²) in [6.07, 6.45) is 1.12. The number of benzene rings is 1. The molecule has 3 heteroatoms. The topological polar surface area (TPSA) is 33.4 Å². The van der Waals surface area contributed by atoms with Gasteiger partial charge >= 0.3 is 0 Å². The van der Waals surface area contributed by atoms with Crippen LogP contribution in [0.15, 0.2) is 33.4 Å². The Morgan fingerprint density at radius 3 is 2.92 bits per heavy atom. The molecule has 0 aliphatic rings. The fourth-order valence-corrected chi connectivity index (χ4v) is 1.88. The van der Waals surface area contributed by atoms with Crippen LogP contribution in [-0.4, -0.2) is 5.11 Å². The van der Waals surface area contributed by atoms with Gasteiger partial charge in [0.05, 0.1) is 12.4 Å².